The second kappa shape index (κ2) is 7.40. The van der Waals surface area contributed by atoms with Crippen molar-refractivity contribution in [2.24, 2.45) is 0 Å². The maximum Gasteiger partial charge on any atom is 0.225 e. The van der Waals surface area contributed by atoms with E-state index in [0.29, 0.717) is 18.9 Å². The highest BCUT2D eigenvalue weighted by Crippen LogP contribution is 2.20. The molecule has 0 atom stereocenters. The Labute approximate surface area is 118 Å². The van der Waals surface area contributed by atoms with Crippen molar-refractivity contribution in [3.05, 3.63) is 30.6 Å². The van der Waals surface area contributed by atoms with Gasteiger partial charge in [0.05, 0.1) is 5.69 Å². The summed E-state index contributed by atoms with van der Waals surface area (Å²) in [6, 6.07) is 5.74. The molecule has 0 amide bonds. The van der Waals surface area contributed by atoms with Crippen molar-refractivity contribution in [3.8, 4) is 11.3 Å². The third kappa shape index (κ3) is 3.89. The third-order valence-electron chi connectivity index (χ3n) is 2.68. The van der Waals surface area contributed by atoms with Gasteiger partial charge in [-0.2, -0.15) is 4.98 Å². The number of nitrogens with one attached hydrogen (secondary N) is 2. The molecule has 0 unspecified atom stereocenters. The van der Waals surface area contributed by atoms with Gasteiger partial charge >= 0.3 is 0 Å². The molecule has 0 saturated carbocycles. The first kappa shape index (κ1) is 14.2. The molecule has 0 saturated heterocycles. The number of hydrogen-bond acceptors (Lipinski definition) is 6. The fourth-order valence-electron chi connectivity index (χ4n) is 1.75. The number of rotatable bonds is 7. The van der Waals surface area contributed by atoms with Crippen LogP contribution in [0.2, 0.25) is 0 Å². The fraction of sp³-hybridized carbons (Fsp3) is 0.357. The molecule has 6 heteroatoms. The zero-order valence-corrected chi connectivity index (χ0v) is 11.5. The summed E-state index contributed by atoms with van der Waals surface area (Å²) in [6.45, 7) is 3.61. The molecular formula is C14H19N5O. The first-order chi connectivity index (χ1) is 9.83. The Kier molecular flexibility index (Phi) is 5.25. The Morgan fingerprint density at radius 3 is 2.65 bits per heavy atom. The Morgan fingerprint density at radius 2 is 1.95 bits per heavy atom. The molecule has 0 aromatic carbocycles. The Hall–Kier alpha value is -2.21. The normalized spacial score (nSPS) is 10.3. The van der Waals surface area contributed by atoms with Crippen LogP contribution in [0, 0.1) is 0 Å². The predicted octanol–water partition coefficient (Wildman–Crippen LogP) is 1.76. The van der Waals surface area contributed by atoms with Crippen molar-refractivity contribution in [3.63, 3.8) is 0 Å². The molecule has 3 N–H and O–H groups in total. The van der Waals surface area contributed by atoms with Gasteiger partial charge in [-0.15, -0.1) is 0 Å². The maximum absolute atomic E-state index is 8.82. The molecule has 0 spiro atoms. The van der Waals surface area contributed by atoms with E-state index in [0.717, 1.165) is 23.6 Å². The minimum Gasteiger partial charge on any atom is -0.396 e. The van der Waals surface area contributed by atoms with E-state index in [-0.39, 0.29) is 6.61 Å². The zero-order chi connectivity index (χ0) is 14.2. The van der Waals surface area contributed by atoms with Crippen LogP contribution >= 0.6 is 0 Å². The average molecular weight is 273 g/mol. The zero-order valence-electron chi connectivity index (χ0n) is 11.5. The van der Waals surface area contributed by atoms with Crippen LogP contribution < -0.4 is 10.6 Å². The van der Waals surface area contributed by atoms with E-state index in [1.165, 1.54) is 0 Å². The first-order valence-corrected chi connectivity index (χ1v) is 6.71. The lowest BCUT2D eigenvalue weighted by Crippen LogP contribution is -2.09. The second-order valence-electron chi connectivity index (χ2n) is 4.23. The van der Waals surface area contributed by atoms with Gasteiger partial charge in [-0.3, -0.25) is 4.98 Å². The smallest absolute Gasteiger partial charge is 0.225 e. The molecule has 106 valence electrons. The van der Waals surface area contributed by atoms with Gasteiger partial charge in [0, 0.05) is 43.7 Å². The van der Waals surface area contributed by atoms with E-state index in [4.69, 9.17) is 5.11 Å². The molecule has 20 heavy (non-hydrogen) atoms. The summed E-state index contributed by atoms with van der Waals surface area (Å²) in [5, 5.41) is 15.1. The SMILES string of the molecule is CCNc1cc(-c2ccncc2)nc(NCCCO)n1. The van der Waals surface area contributed by atoms with Crippen LogP contribution in [0.1, 0.15) is 13.3 Å². The molecule has 2 aromatic heterocycles. The van der Waals surface area contributed by atoms with Gasteiger partial charge < -0.3 is 15.7 Å². The number of pyridine rings is 1. The van der Waals surface area contributed by atoms with E-state index in [1.807, 2.05) is 25.1 Å². The molecule has 0 aliphatic heterocycles. The van der Waals surface area contributed by atoms with Crippen LogP contribution in [0.5, 0.6) is 0 Å². The molecule has 0 aliphatic rings. The highest BCUT2D eigenvalue weighted by Gasteiger charge is 2.06. The molecule has 6 nitrogen and oxygen atoms in total. The molecule has 0 fully saturated rings. The first-order valence-electron chi connectivity index (χ1n) is 6.71. The van der Waals surface area contributed by atoms with Gasteiger partial charge in [0.1, 0.15) is 5.82 Å². The maximum atomic E-state index is 8.82. The average Bonchev–Trinajstić information content (AvgIpc) is 2.49. The monoisotopic (exact) mass is 273 g/mol. The Bertz CT molecular complexity index is 532. The van der Waals surface area contributed by atoms with Crippen molar-refractivity contribution in [1.29, 1.82) is 0 Å². The molecule has 2 heterocycles. The Morgan fingerprint density at radius 1 is 1.15 bits per heavy atom. The standard InChI is InChI=1S/C14H19N5O/c1-2-16-13-10-12(11-4-7-15-8-5-11)18-14(19-13)17-6-3-9-20/h4-5,7-8,10,20H,2-3,6,9H2,1H3,(H2,16,17,18,19). The minimum atomic E-state index is 0.150. The van der Waals surface area contributed by atoms with Crippen LogP contribution in [0.4, 0.5) is 11.8 Å². The second-order valence-corrected chi connectivity index (χ2v) is 4.23. The molecular weight excluding hydrogens is 254 g/mol. The predicted molar refractivity (Wildman–Crippen MR) is 79.6 cm³/mol. The van der Waals surface area contributed by atoms with Crippen LogP contribution in [0.25, 0.3) is 11.3 Å². The van der Waals surface area contributed by atoms with Gasteiger partial charge in [0.2, 0.25) is 5.95 Å². The summed E-state index contributed by atoms with van der Waals surface area (Å²) in [5.74, 6) is 1.34. The molecule has 2 aromatic rings. The fourth-order valence-corrected chi connectivity index (χ4v) is 1.75. The number of nitrogens with zero attached hydrogens (tertiary/aromatic N) is 3. The van der Waals surface area contributed by atoms with E-state index in [9.17, 15) is 0 Å². The van der Waals surface area contributed by atoms with E-state index in [2.05, 4.69) is 25.6 Å². The summed E-state index contributed by atoms with van der Waals surface area (Å²) >= 11 is 0. The highest BCUT2D eigenvalue weighted by molar-refractivity contribution is 5.63. The van der Waals surface area contributed by atoms with Crippen molar-refractivity contribution in [2.45, 2.75) is 13.3 Å². The number of anilines is 2. The topological polar surface area (TPSA) is 83.0 Å². The summed E-state index contributed by atoms with van der Waals surface area (Å²) in [5.41, 5.74) is 1.83. The van der Waals surface area contributed by atoms with E-state index >= 15 is 0 Å². The van der Waals surface area contributed by atoms with E-state index < -0.39 is 0 Å². The highest BCUT2D eigenvalue weighted by atomic mass is 16.3. The van der Waals surface area contributed by atoms with Gasteiger partial charge in [-0.05, 0) is 25.5 Å². The number of aromatic nitrogens is 3. The van der Waals surface area contributed by atoms with Crippen LogP contribution in [-0.2, 0) is 0 Å². The number of aliphatic hydroxyl groups excluding tert-OH is 1. The lowest BCUT2D eigenvalue weighted by Gasteiger charge is -2.10. The molecule has 0 bridgehead atoms. The summed E-state index contributed by atoms with van der Waals surface area (Å²) < 4.78 is 0. The van der Waals surface area contributed by atoms with Gasteiger partial charge in [0.25, 0.3) is 0 Å². The molecule has 0 radical (unpaired) electrons. The van der Waals surface area contributed by atoms with Crippen LogP contribution in [0.15, 0.2) is 30.6 Å². The van der Waals surface area contributed by atoms with Gasteiger partial charge in [-0.25, -0.2) is 4.98 Å². The number of hydrogen-bond donors (Lipinski definition) is 3. The van der Waals surface area contributed by atoms with Gasteiger partial charge in [0.15, 0.2) is 0 Å². The van der Waals surface area contributed by atoms with Crippen LogP contribution in [0.3, 0.4) is 0 Å². The third-order valence-corrected chi connectivity index (χ3v) is 2.68. The molecule has 2 rings (SSSR count). The largest absolute Gasteiger partial charge is 0.396 e. The summed E-state index contributed by atoms with van der Waals surface area (Å²) in [6.07, 6.45) is 4.14. The van der Waals surface area contributed by atoms with Crippen molar-refractivity contribution in [2.75, 3.05) is 30.3 Å². The summed E-state index contributed by atoms with van der Waals surface area (Å²) in [7, 11) is 0. The van der Waals surface area contributed by atoms with Crippen LogP contribution in [-0.4, -0.2) is 39.8 Å². The lowest BCUT2D eigenvalue weighted by atomic mass is 10.2. The Balaban J connectivity index is 2.26. The number of aliphatic hydroxyl groups is 1. The molecule has 0 aliphatic carbocycles. The van der Waals surface area contributed by atoms with E-state index in [1.54, 1.807) is 12.4 Å². The lowest BCUT2D eigenvalue weighted by molar-refractivity contribution is 0.292. The van der Waals surface area contributed by atoms with Crippen molar-refractivity contribution in [1.82, 2.24) is 15.0 Å². The van der Waals surface area contributed by atoms with Crippen molar-refractivity contribution >= 4 is 11.8 Å². The summed E-state index contributed by atoms with van der Waals surface area (Å²) in [4.78, 5) is 12.9. The minimum absolute atomic E-state index is 0.150. The van der Waals surface area contributed by atoms with Gasteiger partial charge in [-0.1, -0.05) is 0 Å². The quantitative estimate of drug-likeness (QED) is 0.667. The van der Waals surface area contributed by atoms with Crippen molar-refractivity contribution < 1.29 is 5.11 Å².